The summed E-state index contributed by atoms with van der Waals surface area (Å²) in [5.41, 5.74) is 0.0363. The van der Waals surface area contributed by atoms with Crippen molar-refractivity contribution in [3.05, 3.63) is 35.3 Å². The highest BCUT2D eigenvalue weighted by Gasteiger charge is 2.19. The first-order valence-corrected chi connectivity index (χ1v) is 6.24. The first kappa shape index (κ1) is 14.4. The van der Waals surface area contributed by atoms with Crippen molar-refractivity contribution < 1.29 is 14.6 Å². The number of pyridine rings is 1. The van der Waals surface area contributed by atoms with Gasteiger partial charge in [0.15, 0.2) is 6.20 Å². The minimum Gasteiger partial charge on any atom is -0.618 e. The molecule has 1 unspecified atom stereocenters. The molecule has 0 radical (unpaired) electrons. The number of amides is 1. The van der Waals surface area contributed by atoms with E-state index in [9.17, 15) is 15.1 Å². The van der Waals surface area contributed by atoms with Crippen molar-refractivity contribution in [1.82, 2.24) is 5.32 Å². The van der Waals surface area contributed by atoms with Gasteiger partial charge in [0.05, 0.1) is 6.10 Å². The molecular weight excluding hydrogens is 232 g/mol. The molecule has 0 aliphatic heterocycles. The third kappa shape index (κ3) is 3.70. The Morgan fingerprint density at radius 3 is 2.67 bits per heavy atom. The second kappa shape index (κ2) is 6.96. The van der Waals surface area contributed by atoms with Crippen LogP contribution in [0, 0.1) is 11.1 Å². The average molecular weight is 252 g/mol. The van der Waals surface area contributed by atoms with Crippen LogP contribution >= 0.6 is 0 Å². The highest BCUT2D eigenvalue weighted by molar-refractivity contribution is 5.90. The first-order valence-electron chi connectivity index (χ1n) is 6.24. The number of nitrogens with one attached hydrogen (secondary N) is 1. The zero-order chi connectivity index (χ0) is 13.5. The predicted molar refractivity (Wildman–Crippen MR) is 67.8 cm³/mol. The fourth-order valence-electron chi connectivity index (χ4n) is 1.89. The van der Waals surface area contributed by atoms with Crippen LogP contribution in [0.5, 0.6) is 0 Å². The van der Waals surface area contributed by atoms with Gasteiger partial charge in [-0.05, 0) is 12.0 Å². The molecule has 2 N–H and O–H groups in total. The minimum atomic E-state index is -0.576. The van der Waals surface area contributed by atoms with E-state index in [0.717, 1.165) is 12.8 Å². The van der Waals surface area contributed by atoms with Gasteiger partial charge in [0, 0.05) is 18.7 Å². The maximum absolute atomic E-state index is 11.7. The molecule has 0 saturated carbocycles. The van der Waals surface area contributed by atoms with Gasteiger partial charge in [-0.3, -0.25) is 4.79 Å². The van der Waals surface area contributed by atoms with E-state index in [-0.39, 0.29) is 18.2 Å². The van der Waals surface area contributed by atoms with Crippen molar-refractivity contribution in [1.29, 1.82) is 0 Å². The maximum Gasteiger partial charge on any atom is 0.317 e. The zero-order valence-corrected chi connectivity index (χ0v) is 10.8. The predicted octanol–water partition coefficient (Wildman–Crippen LogP) is 0.847. The van der Waals surface area contributed by atoms with Crippen LogP contribution in [-0.4, -0.2) is 23.7 Å². The number of rotatable bonds is 6. The highest BCUT2D eigenvalue weighted by Crippen LogP contribution is 2.12. The first-order chi connectivity index (χ1) is 8.60. The van der Waals surface area contributed by atoms with Crippen LogP contribution in [-0.2, 0) is 0 Å². The summed E-state index contributed by atoms with van der Waals surface area (Å²) in [6.07, 6.45) is 2.42. The maximum atomic E-state index is 11.7. The SMILES string of the molecule is CCC(CC)C(O)CNC(=O)c1cccc[n+]1[O-]. The Morgan fingerprint density at radius 2 is 2.11 bits per heavy atom. The van der Waals surface area contributed by atoms with E-state index >= 15 is 0 Å². The summed E-state index contributed by atoms with van der Waals surface area (Å²) in [6.45, 7) is 4.17. The number of aliphatic hydroxyl groups is 1. The van der Waals surface area contributed by atoms with Gasteiger partial charge in [-0.15, -0.1) is 0 Å². The lowest BCUT2D eigenvalue weighted by Crippen LogP contribution is -2.42. The van der Waals surface area contributed by atoms with Crippen LogP contribution in [0.15, 0.2) is 24.4 Å². The van der Waals surface area contributed by atoms with Crippen molar-refractivity contribution in [2.75, 3.05) is 6.54 Å². The molecule has 5 nitrogen and oxygen atoms in total. The van der Waals surface area contributed by atoms with E-state index < -0.39 is 12.0 Å². The lowest BCUT2D eigenvalue weighted by Gasteiger charge is -2.20. The van der Waals surface area contributed by atoms with E-state index in [2.05, 4.69) is 5.32 Å². The van der Waals surface area contributed by atoms with E-state index in [0.29, 0.717) is 4.73 Å². The molecule has 0 aliphatic rings. The Bertz CT molecular complexity index is 392. The molecule has 1 heterocycles. The molecule has 0 bridgehead atoms. The van der Waals surface area contributed by atoms with E-state index in [1.54, 1.807) is 12.1 Å². The molecule has 0 spiro atoms. The van der Waals surface area contributed by atoms with Gasteiger partial charge in [-0.1, -0.05) is 26.7 Å². The molecule has 1 aromatic rings. The number of carbonyl (C=O) groups is 1. The summed E-state index contributed by atoms with van der Waals surface area (Å²) in [7, 11) is 0. The van der Waals surface area contributed by atoms with Crippen molar-refractivity contribution in [3.63, 3.8) is 0 Å². The normalized spacial score (nSPS) is 12.4. The smallest absolute Gasteiger partial charge is 0.317 e. The second-order valence-electron chi connectivity index (χ2n) is 4.27. The van der Waals surface area contributed by atoms with Crippen LogP contribution in [0.2, 0.25) is 0 Å². The lowest BCUT2D eigenvalue weighted by molar-refractivity contribution is -0.607. The summed E-state index contributed by atoms with van der Waals surface area (Å²) in [5, 5.41) is 23.8. The van der Waals surface area contributed by atoms with Crippen LogP contribution in [0.3, 0.4) is 0 Å². The summed E-state index contributed by atoms with van der Waals surface area (Å²) >= 11 is 0. The quantitative estimate of drug-likeness (QED) is 0.582. The third-order valence-electron chi connectivity index (χ3n) is 3.12. The van der Waals surface area contributed by atoms with Gasteiger partial charge in [-0.2, -0.15) is 4.73 Å². The van der Waals surface area contributed by atoms with Crippen LogP contribution in [0.4, 0.5) is 0 Å². The Hall–Kier alpha value is -1.62. The topological polar surface area (TPSA) is 76.3 Å². The van der Waals surface area contributed by atoms with Gasteiger partial charge in [0.2, 0.25) is 0 Å². The van der Waals surface area contributed by atoms with Crippen molar-refractivity contribution >= 4 is 5.91 Å². The van der Waals surface area contributed by atoms with Gasteiger partial charge >= 0.3 is 5.91 Å². The van der Waals surface area contributed by atoms with Gasteiger partial charge in [0.25, 0.3) is 5.69 Å². The monoisotopic (exact) mass is 252 g/mol. The standard InChI is InChI=1S/C13H20N2O3/c1-3-10(4-2)12(16)9-14-13(17)11-7-5-6-8-15(11)18/h5-8,10,12,16H,3-4,9H2,1-2H3,(H,14,17). The van der Waals surface area contributed by atoms with Crippen molar-refractivity contribution in [2.45, 2.75) is 32.8 Å². The molecule has 1 rings (SSSR count). The molecule has 5 heteroatoms. The van der Waals surface area contributed by atoms with E-state index in [1.165, 1.54) is 12.3 Å². The molecule has 0 fully saturated rings. The van der Waals surface area contributed by atoms with Crippen LogP contribution in [0.25, 0.3) is 0 Å². The van der Waals surface area contributed by atoms with Crippen molar-refractivity contribution in [3.8, 4) is 0 Å². The summed E-state index contributed by atoms with van der Waals surface area (Å²) in [4.78, 5) is 11.7. The van der Waals surface area contributed by atoms with Gasteiger partial charge in [-0.25, -0.2) is 0 Å². The number of nitrogens with zero attached hydrogens (tertiary/aromatic N) is 1. The van der Waals surface area contributed by atoms with Crippen LogP contribution in [0.1, 0.15) is 37.2 Å². The fourth-order valence-corrected chi connectivity index (χ4v) is 1.89. The summed E-state index contributed by atoms with van der Waals surface area (Å²) in [6, 6.07) is 4.63. The number of aromatic nitrogens is 1. The molecule has 0 saturated heterocycles. The molecule has 1 atom stereocenters. The lowest BCUT2D eigenvalue weighted by atomic mass is 9.96. The van der Waals surface area contributed by atoms with Gasteiger partial charge < -0.3 is 15.6 Å². The van der Waals surface area contributed by atoms with E-state index in [1.807, 2.05) is 13.8 Å². The molecule has 18 heavy (non-hydrogen) atoms. The Labute approximate surface area is 107 Å². The Kier molecular flexibility index (Phi) is 5.58. The van der Waals surface area contributed by atoms with Crippen LogP contribution < -0.4 is 10.0 Å². The zero-order valence-electron chi connectivity index (χ0n) is 10.8. The van der Waals surface area contributed by atoms with E-state index in [4.69, 9.17) is 0 Å². The number of aliphatic hydroxyl groups excluding tert-OH is 1. The largest absolute Gasteiger partial charge is 0.618 e. The average Bonchev–Trinajstić information content (AvgIpc) is 2.38. The summed E-state index contributed by atoms with van der Waals surface area (Å²) < 4.78 is 0.513. The molecule has 100 valence electrons. The number of hydrogen-bond donors (Lipinski definition) is 2. The fraction of sp³-hybridized carbons (Fsp3) is 0.538. The second-order valence-corrected chi connectivity index (χ2v) is 4.27. The Morgan fingerprint density at radius 1 is 1.44 bits per heavy atom. The number of hydrogen-bond acceptors (Lipinski definition) is 3. The molecule has 1 amide bonds. The molecule has 0 aromatic carbocycles. The number of carbonyl (C=O) groups excluding carboxylic acids is 1. The molecule has 1 aromatic heterocycles. The third-order valence-corrected chi connectivity index (χ3v) is 3.12. The molecular formula is C13H20N2O3. The van der Waals surface area contributed by atoms with Crippen molar-refractivity contribution in [2.24, 2.45) is 5.92 Å². The van der Waals surface area contributed by atoms with Gasteiger partial charge in [0.1, 0.15) is 0 Å². The highest BCUT2D eigenvalue weighted by atomic mass is 16.5. The summed E-state index contributed by atoms with van der Waals surface area (Å²) in [5.74, 6) is -0.295. The Balaban J connectivity index is 2.54. The minimum absolute atomic E-state index is 0.0363. The molecule has 0 aliphatic carbocycles.